The van der Waals surface area contributed by atoms with Crippen LogP contribution in [0.2, 0.25) is 0 Å². The molecule has 0 aliphatic heterocycles. The van der Waals surface area contributed by atoms with Gasteiger partial charge in [-0.3, -0.25) is 4.79 Å². The van der Waals surface area contributed by atoms with Gasteiger partial charge in [0.15, 0.2) is 0 Å². The SMILES string of the molecule is COC(=O)c1cccc2nc3c([C@@H](C(=O)OC)[C@@H](O)CCCCC(C)C)cccc3nc12. The van der Waals surface area contributed by atoms with E-state index in [1.807, 2.05) is 0 Å². The lowest BCUT2D eigenvalue weighted by molar-refractivity contribution is -0.145. The predicted molar refractivity (Wildman–Crippen MR) is 122 cm³/mol. The van der Waals surface area contributed by atoms with E-state index in [1.54, 1.807) is 36.4 Å². The fourth-order valence-corrected chi connectivity index (χ4v) is 3.96. The standard InChI is InChI=1S/C25H30N2O5/c1-15(2)9-5-6-14-20(28)21(25(30)32-4)16-10-7-12-18-22(16)26-19-13-8-11-17(23(19)27-18)24(29)31-3/h7-8,10-13,15,20-21,28H,5-6,9,14H2,1-4H3/t20-,21+/m0/s1. The molecule has 0 spiro atoms. The summed E-state index contributed by atoms with van der Waals surface area (Å²) in [6, 6.07) is 10.4. The number of esters is 2. The fraction of sp³-hybridized carbons (Fsp3) is 0.440. The van der Waals surface area contributed by atoms with Crippen LogP contribution in [-0.4, -0.2) is 47.3 Å². The molecule has 0 saturated heterocycles. The fourth-order valence-electron chi connectivity index (χ4n) is 3.96. The first-order valence-corrected chi connectivity index (χ1v) is 10.9. The number of para-hydroxylation sites is 2. The van der Waals surface area contributed by atoms with Crippen molar-refractivity contribution in [1.29, 1.82) is 0 Å². The molecule has 2 aromatic carbocycles. The number of nitrogens with zero attached hydrogens (tertiary/aromatic N) is 2. The third-order valence-corrected chi connectivity index (χ3v) is 5.64. The average molecular weight is 439 g/mol. The maximum atomic E-state index is 12.7. The number of hydrogen-bond donors (Lipinski definition) is 1. The number of benzene rings is 2. The molecule has 3 aromatic rings. The third kappa shape index (κ3) is 5.05. The molecule has 0 amide bonds. The molecule has 7 heteroatoms. The molecule has 0 fully saturated rings. The highest BCUT2D eigenvalue weighted by Gasteiger charge is 2.31. The minimum Gasteiger partial charge on any atom is -0.468 e. The average Bonchev–Trinajstić information content (AvgIpc) is 2.79. The lowest BCUT2D eigenvalue weighted by atomic mass is 9.89. The Morgan fingerprint density at radius 2 is 1.53 bits per heavy atom. The molecule has 0 aliphatic carbocycles. The summed E-state index contributed by atoms with van der Waals surface area (Å²) < 4.78 is 9.88. The Hall–Kier alpha value is -3.06. The van der Waals surface area contributed by atoms with Gasteiger partial charge in [0.1, 0.15) is 11.4 Å². The van der Waals surface area contributed by atoms with E-state index >= 15 is 0 Å². The molecule has 1 heterocycles. The monoisotopic (exact) mass is 438 g/mol. The van der Waals surface area contributed by atoms with Crippen molar-refractivity contribution in [3.8, 4) is 0 Å². The van der Waals surface area contributed by atoms with Crippen LogP contribution in [-0.2, 0) is 14.3 Å². The smallest absolute Gasteiger partial charge is 0.340 e. The van der Waals surface area contributed by atoms with Gasteiger partial charge in [0.05, 0.1) is 42.4 Å². The highest BCUT2D eigenvalue weighted by Crippen LogP contribution is 2.31. The van der Waals surface area contributed by atoms with Gasteiger partial charge >= 0.3 is 11.9 Å². The van der Waals surface area contributed by atoms with Crippen LogP contribution in [0.3, 0.4) is 0 Å². The van der Waals surface area contributed by atoms with E-state index in [2.05, 4.69) is 18.8 Å². The molecule has 0 bridgehead atoms. The van der Waals surface area contributed by atoms with E-state index < -0.39 is 24.0 Å². The van der Waals surface area contributed by atoms with Gasteiger partial charge in [-0.05, 0) is 36.1 Å². The Bertz CT molecular complexity index is 1110. The number of methoxy groups -OCH3 is 2. The zero-order valence-corrected chi connectivity index (χ0v) is 19.0. The van der Waals surface area contributed by atoms with Gasteiger partial charge in [-0.25, -0.2) is 14.8 Å². The molecule has 1 N–H and O–H groups in total. The van der Waals surface area contributed by atoms with Crippen LogP contribution in [0, 0.1) is 5.92 Å². The quantitative estimate of drug-likeness (QED) is 0.300. The normalized spacial score (nSPS) is 13.3. The third-order valence-electron chi connectivity index (χ3n) is 5.64. The van der Waals surface area contributed by atoms with Crippen molar-refractivity contribution in [3.63, 3.8) is 0 Å². The van der Waals surface area contributed by atoms with E-state index in [0.29, 0.717) is 45.5 Å². The molecular formula is C25H30N2O5. The first kappa shape index (κ1) is 23.6. The summed E-state index contributed by atoms with van der Waals surface area (Å²) in [5, 5.41) is 10.9. The summed E-state index contributed by atoms with van der Waals surface area (Å²) in [5.74, 6) is -1.29. The number of aliphatic hydroxyl groups excluding tert-OH is 1. The Kier molecular flexibility index (Phi) is 7.75. The van der Waals surface area contributed by atoms with Crippen molar-refractivity contribution in [1.82, 2.24) is 9.97 Å². The van der Waals surface area contributed by atoms with Crippen molar-refractivity contribution in [2.45, 2.75) is 51.6 Å². The van der Waals surface area contributed by atoms with Gasteiger partial charge in [-0.2, -0.15) is 0 Å². The first-order chi connectivity index (χ1) is 15.4. The highest BCUT2D eigenvalue weighted by molar-refractivity contribution is 6.03. The van der Waals surface area contributed by atoms with E-state index in [-0.39, 0.29) is 0 Å². The summed E-state index contributed by atoms with van der Waals surface area (Å²) >= 11 is 0. The second-order valence-corrected chi connectivity index (χ2v) is 8.35. The van der Waals surface area contributed by atoms with Gasteiger partial charge in [0.2, 0.25) is 0 Å². The number of fused-ring (bicyclic) bond motifs is 2. The zero-order chi connectivity index (χ0) is 23.3. The van der Waals surface area contributed by atoms with Gasteiger partial charge in [-0.15, -0.1) is 0 Å². The van der Waals surface area contributed by atoms with Gasteiger partial charge < -0.3 is 14.6 Å². The van der Waals surface area contributed by atoms with Crippen LogP contribution in [0.25, 0.3) is 22.1 Å². The molecule has 170 valence electrons. The van der Waals surface area contributed by atoms with E-state index in [9.17, 15) is 14.7 Å². The van der Waals surface area contributed by atoms with Crippen LogP contribution in [0.15, 0.2) is 36.4 Å². The second-order valence-electron chi connectivity index (χ2n) is 8.35. The predicted octanol–water partition coefficient (Wildman–Crippen LogP) is 4.40. The first-order valence-electron chi connectivity index (χ1n) is 10.9. The van der Waals surface area contributed by atoms with Crippen LogP contribution in [0.1, 0.15) is 61.4 Å². The Morgan fingerprint density at radius 3 is 2.19 bits per heavy atom. The van der Waals surface area contributed by atoms with Gasteiger partial charge in [0, 0.05) is 0 Å². The van der Waals surface area contributed by atoms with Crippen molar-refractivity contribution in [3.05, 3.63) is 47.5 Å². The molecule has 0 radical (unpaired) electrons. The number of rotatable bonds is 9. The Morgan fingerprint density at radius 1 is 0.906 bits per heavy atom. The van der Waals surface area contributed by atoms with Crippen molar-refractivity contribution in [2.75, 3.05) is 14.2 Å². The molecule has 32 heavy (non-hydrogen) atoms. The number of aliphatic hydroxyl groups is 1. The number of carbonyl (C=O) groups is 2. The van der Waals surface area contributed by atoms with Crippen LogP contribution < -0.4 is 0 Å². The topological polar surface area (TPSA) is 98.6 Å². The van der Waals surface area contributed by atoms with Crippen LogP contribution in [0.4, 0.5) is 0 Å². The van der Waals surface area contributed by atoms with Crippen LogP contribution >= 0.6 is 0 Å². The lowest BCUT2D eigenvalue weighted by Gasteiger charge is -2.22. The summed E-state index contributed by atoms with van der Waals surface area (Å²) in [5.41, 5.74) is 2.82. The lowest BCUT2D eigenvalue weighted by Crippen LogP contribution is -2.28. The van der Waals surface area contributed by atoms with E-state index in [4.69, 9.17) is 14.5 Å². The van der Waals surface area contributed by atoms with E-state index in [0.717, 1.165) is 19.3 Å². The molecule has 0 aliphatic rings. The molecule has 3 rings (SSSR count). The van der Waals surface area contributed by atoms with Crippen molar-refractivity contribution >= 4 is 34.0 Å². The summed E-state index contributed by atoms with van der Waals surface area (Å²) in [4.78, 5) is 34.2. The van der Waals surface area contributed by atoms with Gasteiger partial charge in [0.25, 0.3) is 0 Å². The Balaban J connectivity index is 2.05. The number of hydrogen-bond acceptors (Lipinski definition) is 7. The maximum Gasteiger partial charge on any atom is 0.340 e. The molecule has 2 atom stereocenters. The highest BCUT2D eigenvalue weighted by atomic mass is 16.5. The number of carbonyl (C=O) groups excluding carboxylic acids is 2. The van der Waals surface area contributed by atoms with Crippen molar-refractivity contribution < 1.29 is 24.2 Å². The molecule has 7 nitrogen and oxygen atoms in total. The number of ether oxygens (including phenoxy) is 2. The van der Waals surface area contributed by atoms with Crippen molar-refractivity contribution in [2.24, 2.45) is 5.92 Å². The molecule has 0 unspecified atom stereocenters. The summed E-state index contributed by atoms with van der Waals surface area (Å²) in [7, 11) is 2.63. The number of aromatic nitrogens is 2. The molecular weight excluding hydrogens is 408 g/mol. The molecule has 0 saturated carbocycles. The minimum atomic E-state index is -0.904. The largest absolute Gasteiger partial charge is 0.468 e. The summed E-state index contributed by atoms with van der Waals surface area (Å²) in [6.07, 6.45) is 2.45. The minimum absolute atomic E-state index is 0.319. The zero-order valence-electron chi connectivity index (χ0n) is 19.0. The van der Waals surface area contributed by atoms with Gasteiger partial charge in [-0.1, -0.05) is 51.3 Å². The maximum absolute atomic E-state index is 12.7. The van der Waals surface area contributed by atoms with Crippen LogP contribution in [0.5, 0.6) is 0 Å². The second kappa shape index (κ2) is 10.5. The molecule has 1 aromatic heterocycles. The number of unbranched alkanes of at least 4 members (excludes halogenated alkanes) is 1. The Labute approximate surface area is 187 Å². The summed E-state index contributed by atoms with van der Waals surface area (Å²) in [6.45, 7) is 4.33. The van der Waals surface area contributed by atoms with E-state index in [1.165, 1.54) is 14.2 Å².